The predicted molar refractivity (Wildman–Crippen MR) is 63.1 cm³/mol. The molecule has 2 fully saturated rings. The fraction of sp³-hybridized carbons (Fsp3) is 0.923. The molecule has 0 aromatic carbocycles. The van der Waals surface area contributed by atoms with E-state index in [1.807, 2.05) is 20.8 Å². The first kappa shape index (κ1) is 11.9. The number of hydrogen-bond donors (Lipinski definition) is 1. The minimum absolute atomic E-state index is 0.0627. The first-order valence-electron chi connectivity index (χ1n) is 6.44. The van der Waals surface area contributed by atoms with Crippen molar-refractivity contribution in [2.75, 3.05) is 0 Å². The standard InChI is InChI=1S/C13H23NO2/c1-13(2,3)16-12(15)11-8-9-6-4-5-7-10(9)14-11/h9-11,14H,4-8H2,1-3H3/t9-,10-,11-/m0/s1. The quantitative estimate of drug-likeness (QED) is 0.696. The predicted octanol–water partition coefficient (Wildman–Crippen LogP) is 2.25. The Hall–Kier alpha value is -0.570. The highest BCUT2D eigenvalue weighted by Gasteiger charge is 2.39. The first-order valence-corrected chi connectivity index (χ1v) is 6.44. The van der Waals surface area contributed by atoms with E-state index in [0.717, 1.165) is 6.42 Å². The first-order chi connectivity index (χ1) is 7.46. The number of carbonyl (C=O) groups is 1. The smallest absolute Gasteiger partial charge is 0.323 e. The Morgan fingerprint density at radius 3 is 2.56 bits per heavy atom. The Bertz CT molecular complexity index is 256. The summed E-state index contributed by atoms with van der Waals surface area (Å²) in [6.07, 6.45) is 6.10. The van der Waals surface area contributed by atoms with Crippen LogP contribution in [0.15, 0.2) is 0 Å². The molecule has 0 radical (unpaired) electrons. The van der Waals surface area contributed by atoms with Gasteiger partial charge in [-0.05, 0) is 46.0 Å². The molecule has 0 aromatic rings. The number of carbonyl (C=O) groups excluding carboxylic acids is 1. The van der Waals surface area contributed by atoms with Crippen molar-refractivity contribution in [3.63, 3.8) is 0 Å². The lowest BCUT2D eigenvalue weighted by Gasteiger charge is -2.24. The van der Waals surface area contributed by atoms with Crippen molar-refractivity contribution in [3.8, 4) is 0 Å². The summed E-state index contributed by atoms with van der Waals surface area (Å²) in [7, 11) is 0. The van der Waals surface area contributed by atoms with Gasteiger partial charge in [0.2, 0.25) is 0 Å². The van der Waals surface area contributed by atoms with Crippen LogP contribution in [-0.4, -0.2) is 23.7 Å². The van der Waals surface area contributed by atoms with Crippen molar-refractivity contribution in [1.29, 1.82) is 0 Å². The molecule has 1 aliphatic carbocycles. The zero-order chi connectivity index (χ0) is 11.8. The highest BCUT2D eigenvalue weighted by atomic mass is 16.6. The van der Waals surface area contributed by atoms with Crippen LogP contribution < -0.4 is 5.32 Å². The second-order valence-corrected chi connectivity index (χ2v) is 6.14. The van der Waals surface area contributed by atoms with E-state index in [9.17, 15) is 4.79 Å². The molecule has 3 heteroatoms. The van der Waals surface area contributed by atoms with E-state index in [1.54, 1.807) is 0 Å². The molecule has 1 heterocycles. The van der Waals surface area contributed by atoms with E-state index < -0.39 is 0 Å². The number of fused-ring (bicyclic) bond motifs is 1. The van der Waals surface area contributed by atoms with Crippen LogP contribution in [-0.2, 0) is 9.53 Å². The maximum absolute atomic E-state index is 11.9. The van der Waals surface area contributed by atoms with Gasteiger partial charge in [0, 0.05) is 6.04 Å². The average molecular weight is 225 g/mol. The van der Waals surface area contributed by atoms with Crippen molar-refractivity contribution < 1.29 is 9.53 Å². The summed E-state index contributed by atoms with van der Waals surface area (Å²) in [5, 5.41) is 3.44. The molecule has 3 nitrogen and oxygen atoms in total. The second kappa shape index (κ2) is 4.36. The third-order valence-corrected chi connectivity index (χ3v) is 3.55. The second-order valence-electron chi connectivity index (χ2n) is 6.14. The van der Waals surface area contributed by atoms with E-state index >= 15 is 0 Å². The maximum Gasteiger partial charge on any atom is 0.323 e. The Morgan fingerprint density at radius 1 is 1.25 bits per heavy atom. The number of ether oxygens (including phenoxy) is 1. The fourth-order valence-electron chi connectivity index (χ4n) is 2.88. The molecular formula is C13H23NO2. The number of rotatable bonds is 1. The molecule has 0 spiro atoms. The molecule has 16 heavy (non-hydrogen) atoms. The molecule has 1 N–H and O–H groups in total. The zero-order valence-electron chi connectivity index (χ0n) is 10.6. The highest BCUT2D eigenvalue weighted by Crippen LogP contribution is 2.33. The largest absolute Gasteiger partial charge is 0.459 e. The lowest BCUT2D eigenvalue weighted by Crippen LogP contribution is -2.40. The van der Waals surface area contributed by atoms with Gasteiger partial charge in [0.1, 0.15) is 11.6 Å². The molecular weight excluding hydrogens is 202 g/mol. The minimum Gasteiger partial charge on any atom is -0.459 e. The minimum atomic E-state index is -0.369. The van der Waals surface area contributed by atoms with Crippen LogP contribution in [0.25, 0.3) is 0 Å². The van der Waals surface area contributed by atoms with Crippen molar-refractivity contribution in [1.82, 2.24) is 5.32 Å². The normalized spacial score (nSPS) is 34.6. The molecule has 3 atom stereocenters. The van der Waals surface area contributed by atoms with Crippen LogP contribution in [0, 0.1) is 5.92 Å². The van der Waals surface area contributed by atoms with Crippen molar-refractivity contribution in [3.05, 3.63) is 0 Å². The van der Waals surface area contributed by atoms with Crippen LogP contribution in [0.1, 0.15) is 52.9 Å². The maximum atomic E-state index is 11.9. The van der Waals surface area contributed by atoms with Crippen LogP contribution in [0.4, 0.5) is 0 Å². The molecule has 0 bridgehead atoms. The fourth-order valence-corrected chi connectivity index (χ4v) is 2.88. The monoisotopic (exact) mass is 225 g/mol. The average Bonchev–Trinajstić information content (AvgIpc) is 2.58. The van der Waals surface area contributed by atoms with Gasteiger partial charge in [-0.25, -0.2) is 0 Å². The van der Waals surface area contributed by atoms with E-state index in [2.05, 4.69) is 5.32 Å². The summed E-state index contributed by atoms with van der Waals surface area (Å²) < 4.78 is 5.43. The molecule has 2 rings (SSSR count). The summed E-state index contributed by atoms with van der Waals surface area (Å²) in [5.74, 6) is 0.633. The topological polar surface area (TPSA) is 38.3 Å². The van der Waals surface area contributed by atoms with Crippen molar-refractivity contribution >= 4 is 5.97 Å². The summed E-state index contributed by atoms with van der Waals surface area (Å²) in [4.78, 5) is 11.9. The Morgan fingerprint density at radius 2 is 1.94 bits per heavy atom. The van der Waals surface area contributed by atoms with Gasteiger partial charge in [0.15, 0.2) is 0 Å². The summed E-state index contributed by atoms with van der Waals surface area (Å²) in [5.41, 5.74) is -0.369. The molecule has 1 saturated heterocycles. The van der Waals surface area contributed by atoms with E-state index in [-0.39, 0.29) is 17.6 Å². The number of nitrogens with one attached hydrogen (secondary N) is 1. The van der Waals surface area contributed by atoms with Crippen LogP contribution in [0.2, 0.25) is 0 Å². The molecule has 0 amide bonds. The Balaban J connectivity index is 1.90. The third-order valence-electron chi connectivity index (χ3n) is 3.55. The van der Waals surface area contributed by atoms with Gasteiger partial charge in [-0.1, -0.05) is 12.8 Å². The lowest BCUT2D eigenvalue weighted by molar-refractivity contribution is -0.157. The van der Waals surface area contributed by atoms with Crippen molar-refractivity contribution in [2.24, 2.45) is 5.92 Å². The number of hydrogen-bond acceptors (Lipinski definition) is 3. The van der Waals surface area contributed by atoms with E-state index in [4.69, 9.17) is 4.74 Å². The van der Waals surface area contributed by atoms with Gasteiger partial charge in [-0.3, -0.25) is 4.79 Å². The molecule has 92 valence electrons. The summed E-state index contributed by atoms with van der Waals surface area (Å²) in [6.45, 7) is 5.77. The van der Waals surface area contributed by atoms with Gasteiger partial charge in [-0.2, -0.15) is 0 Å². The molecule has 0 aromatic heterocycles. The molecule has 1 saturated carbocycles. The SMILES string of the molecule is CC(C)(C)OC(=O)[C@@H]1C[C@@H]2CCCC[C@@H]2N1. The Labute approximate surface area is 97.9 Å². The number of esters is 1. The van der Waals surface area contributed by atoms with Crippen LogP contribution in [0.3, 0.4) is 0 Å². The summed E-state index contributed by atoms with van der Waals surface area (Å²) >= 11 is 0. The van der Waals surface area contributed by atoms with Gasteiger partial charge in [-0.15, -0.1) is 0 Å². The highest BCUT2D eigenvalue weighted by molar-refractivity contribution is 5.76. The summed E-state index contributed by atoms with van der Waals surface area (Å²) in [6, 6.07) is 0.499. The molecule has 1 aliphatic heterocycles. The Kier molecular flexibility index (Phi) is 3.24. The van der Waals surface area contributed by atoms with Crippen LogP contribution in [0.5, 0.6) is 0 Å². The van der Waals surface area contributed by atoms with Gasteiger partial charge in [0.25, 0.3) is 0 Å². The van der Waals surface area contributed by atoms with Crippen molar-refractivity contribution in [2.45, 2.75) is 70.6 Å². The zero-order valence-corrected chi connectivity index (χ0v) is 10.6. The van der Waals surface area contributed by atoms with E-state index in [1.165, 1.54) is 25.7 Å². The third kappa shape index (κ3) is 2.76. The van der Waals surface area contributed by atoms with Crippen LogP contribution >= 0.6 is 0 Å². The van der Waals surface area contributed by atoms with E-state index in [0.29, 0.717) is 12.0 Å². The molecule has 2 aliphatic rings. The van der Waals surface area contributed by atoms with Gasteiger partial charge in [0.05, 0.1) is 0 Å². The lowest BCUT2D eigenvalue weighted by atomic mass is 9.85. The van der Waals surface area contributed by atoms with Gasteiger partial charge < -0.3 is 10.1 Å². The molecule has 0 unspecified atom stereocenters. The van der Waals surface area contributed by atoms with Gasteiger partial charge >= 0.3 is 5.97 Å².